The van der Waals surface area contributed by atoms with Crippen molar-refractivity contribution in [3.05, 3.63) is 0 Å². The van der Waals surface area contributed by atoms with Crippen molar-refractivity contribution in [2.45, 2.75) is 50.7 Å². The van der Waals surface area contributed by atoms with E-state index >= 15 is 0 Å². The van der Waals surface area contributed by atoms with Crippen LogP contribution in [0, 0.1) is 0 Å². The molecule has 0 unspecified atom stereocenters. The van der Waals surface area contributed by atoms with E-state index in [0.29, 0.717) is 6.61 Å². The summed E-state index contributed by atoms with van der Waals surface area (Å²) in [4.78, 5) is 10.9. The zero-order valence-electron chi connectivity index (χ0n) is 8.26. The maximum atomic E-state index is 10.9. The summed E-state index contributed by atoms with van der Waals surface area (Å²) in [6.45, 7) is 4.18. The molecule has 2 rings (SSSR count). The van der Waals surface area contributed by atoms with E-state index in [9.17, 15) is 4.79 Å². The fourth-order valence-electron chi connectivity index (χ4n) is 2.16. The van der Waals surface area contributed by atoms with Gasteiger partial charge in [-0.1, -0.05) is 0 Å². The molecule has 3 heteroatoms. The molecule has 0 amide bonds. The smallest absolute Gasteiger partial charge is 0.303 e. The Hall–Kier alpha value is -0.570. The van der Waals surface area contributed by atoms with Gasteiger partial charge in [0.1, 0.15) is 11.2 Å². The predicted octanol–water partition coefficient (Wildman–Crippen LogP) is 1.65. The molecule has 3 nitrogen and oxygen atoms in total. The maximum Gasteiger partial charge on any atom is 0.303 e. The first-order valence-corrected chi connectivity index (χ1v) is 4.98. The summed E-state index contributed by atoms with van der Waals surface area (Å²) in [7, 11) is 0. The van der Waals surface area contributed by atoms with Crippen LogP contribution in [0.1, 0.15) is 39.5 Å². The quantitative estimate of drug-likeness (QED) is 0.623. The van der Waals surface area contributed by atoms with E-state index in [0.717, 1.165) is 25.7 Å². The predicted molar refractivity (Wildman–Crippen MR) is 47.3 cm³/mol. The molecule has 0 spiro atoms. The molecular weight excluding hydrogens is 168 g/mol. The van der Waals surface area contributed by atoms with Crippen molar-refractivity contribution < 1.29 is 14.3 Å². The standard InChI is InChI=1S/C10H16O3/c1-3-12-9(4-5-9)10(6-7-10)13-8(2)11/h3-7H2,1-2H3. The molecule has 0 atom stereocenters. The molecule has 0 bridgehead atoms. The first-order valence-electron chi connectivity index (χ1n) is 4.98. The lowest BCUT2D eigenvalue weighted by atomic mass is 10.1. The second-order valence-electron chi connectivity index (χ2n) is 4.02. The van der Waals surface area contributed by atoms with Gasteiger partial charge >= 0.3 is 5.97 Å². The molecule has 13 heavy (non-hydrogen) atoms. The van der Waals surface area contributed by atoms with Gasteiger partial charge in [-0.15, -0.1) is 0 Å². The molecule has 2 aliphatic carbocycles. The minimum atomic E-state index is -0.241. The normalized spacial score (nSPS) is 26.6. The fourth-order valence-corrected chi connectivity index (χ4v) is 2.16. The average molecular weight is 184 g/mol. The van der Waals surface area contributed by atoms with Gasteiger partial charge in [-0.05, 0) is 32.6 Å². The Morgan fingerprint density at radius 1 is 1.23 bits per heavy atom. The molecule has 2 aliphatic rings. The topological polar surface area (TPSA) is 35.5 Å². The summed E-state index contributed by atoms with van der Waals surface area (Å²) in [5, 5.41) is 0. The van der Waals surface area contributed by atoms with Crippen LogP contribution < -0.4 is 0 Å². The highest BCUT2D eigenvalue weighted by molar-refractivity contribution is 5.67. The summed E-state index contributed by atoms with van der Waals surface area (Å²) in [6.07, 6.45) is 4.06. The summed E-state index contributed by atoms with van der Waals surface area (Å²) in [5.41, 5.74) is -0.345. The Morgan fingerprint density at radius 2 is 1.77 bits per heavy atom. The second kappa shape index (κ2) is 2.71. The van der Waals surface area contributed by atoms with Crippen LogP contribution in [-0.2, 0) is 14.3 Å². The molecule has 0 aliphatic heterocycles. The molecular formula is C10H16O3. The van der Waals surface area contributed by atoms with E-state index in [4.69, 9.17) is 9.47 Å². The van der Waals surface area contributed by atoms with E-state index in [1.54, 1.807) is 0 Å². The minimum Gasteiger partial charge on any atom is -0.456 e. The van der Waals surface area contributed by atoms with Crippen molar-refractivity contribution in [1.29, 1.82) is 0 Å². The number of hydrogen-bond acceptors (Lipinski definition) is 3. The third-order valence-corrected chi connectivity index (χ3v) is 3.00. The van der Waals surface area contributed by atoms with Crippen molar-refractivity contribution in [3.63, 3.8) is 0 Å². The van der Waals surface area contributed by atoms with Crippen molar-refractivity contribution >= 4 is 5.97 Å². The van der Waals surface area contributed by atoms with Gasteiger partial charge in [0.25, 0.3) is 0 Å². The van der Waals surface area contributed by atoms with E-state index < -0.39 is 0 Å². The van der Waals surface area contributed by atoms with Gasteiger partial charge in [0, 0.05) is 13.5 Å². The second-order valence-corrected chi connectivity index (χ2v) is 4.02. The highest BCUT2D eigenvalue weighted by atomic mass is 16.6. The van der Waals surface area contributed by atoms with E-state index in [2.05, 4.69) is 0 Å². The Morgan fingerprint density at radius 3 is 2.08 bits per heavy atom. The zero-order chi connectivity index (χ0) is 9.53. The fraction of sp³-hybridized carbons (Fsp3) is 0.900. The molecule has 0 heterocycles. The average Bonchev–Trinajstić information content (AvgIpc) is 2.84. The molecule has 0 aromatic heterocycles. The molecule has 0 aromatic carbocycles. The first-order chi connectivity index (χ1) is 6.14. The number of rotatable bonds is 4. The third-order valence-electron chi connectivity index (χ3n) is 3.00. The van der Waals surface area contributed by atoms with Crippen molar-refractivity contribution in [2.24, 2.45) is 0 Å². The summed E-state index contributed by atoms with van der Waals surface area (Å²) in [6, 6.07) is 0. The lowest BCUT2D eigenvalue weighted by molar-refractivity contribution is -0.162. The van der Waals surface area contributed by atoms with Gasteiger partial charge in [0.2, 0.25) is 0 Å². The molecule has 0 aromatic rings. The van der Waals surface area contributed by atoms with Crippen LogP contribution >= 0.6 is 0 Å². The van der Waals surface area contributed by atoms with Crippen LogP contribution in [-0.4, -0.2) is 23.8 Å². The van der Waals surface area contributed by atoms with Gasteiger partial charge in [-0.25, -0.2) is 0 Å². The molecule has 2 fully saturated rings. The number of carbonyl (C=O) groups is 1. The monoisotopic (exact) mass is 184 g/mol. The Kier molecular flexibility index (Phi) is 1.88. The number of hydrogen-bond donors (Lipinski definition) is 0. The molecule has 2 saturated carbocycles. The summed E-state index contributed by atoms with van der Waals surface area (Å²) >= 11 is 0. The van der Waals surface area contributed by atoms with Crippen LogP contribution in [0.2, 0.25) is 0 Å². The minimum absolute atomic E-state index is 0.104. The van der Waals surface area contributed by atoms with E-state index in [1.807, 2.05) is 6.92 Å². The van der Waals surface area contributed by atoms with Gasteiger partial charge in [0.15, 0.2) is 0 Å². The van der Waals surface area contributed by atoms with E-state index in [1.165, 1.54) is 6.92 Å². The van der Waals surface area contributed by atoms with Crippen LogP contribution in [0.15, 0.2) is 0 Å². The first kappa shape index (κ1) is 9.00. The van der Waals surface area contributed by atoms with E-state index in [-0.39, 0.29) is 17.2 Å². The van der Waals surface area contributed by atoms with Gasteiger partial charge in [-0.3, -0.25) is 4.79 Å². The molecule has 0 N–H and O–H groups in total. The Balaban J connectivity index is 2.02. The number of ether oxygens (including phenoxy) is 2. The maximum absolute atomic E-state index is 10.9. The molecule has 74 valence electrons. The molecule has 0 radical (unpaired) electrons. The van der Waals surface area contributed by atoms with Gasteiger partial charge in [-0.2, -0.15) is 0 Å². The SMILES string of the molecule is CCOC1(C2(OC(C)=O)CC2)CC1. The Bertz CT molecular complexity index is 226. The summed E-state index contributed by atoms with van der Waals surface area (Å²) in [5.74, 6) is -0.177. The lowest BCUT2D eigenvalue weighted by Crippen LogP contribution is -2.37. The van der Waals surface area contributed by atoms with Crippen LogP contribution in [0.25, 0.3) is 0 Å². The zero-order valence-corrected chi connectivity index (χ0v) is 8.26. The summed E-state index contributed by atoms with van der Waals surface area (Å²) < 4.78 is 11.1. The van der Waals surface area contributed by atoms with Gasteiger partial charge in [0.05, 0.1) is 0 Å². The van der Waals surface area contributed by atoms with Crippen molar-refractivity contribution in [2.75, 3.05) is 6.61 Å². The third kappa shape index (κ3) is 1.35. The van der Waals surface area contributed by atoms with Gasteiger partial charge < -0.3 is 9.47 Å². The highest BCUT2D eigenvalue weighted by Crippen LogP contribution is 2.61. The van der Waals surface area contributed by atoms with Crippen LogP contribution in [0.3, 0.4) is 0 Å². The van der Waals surface area contributed by atoms with Crippen LogP contribution in [0.4, 0.5) is 0 Å². The number of esters is 1. The highest BCUT2D eigenvalue weighted by Gasteiger charge is 2.69. The number of carbonyl (C=O) groups excluding carboxylic acids is 1. The molecule has 0 saturated heterocycles. The lowest BCUT2D eigenvalue weighted by Gasteiger charge is -2.26. The van der Waals surface area contributed by atoms with Crippen molar-refractivity contribution in [1.82, 2.24) is 0 Å². The Labute approximate surface area is 78.4 Å². The largest absolute Gasteiger partial charge is 0.456 e. The van der Waals surface area contributed by atoms with Crippen molar-refractivity contribution in [3.8, 4) is 0 Å². The van der Waals surface area contributed by atoms with Crippen LogP contribution in [0.5, 0.6) is 0 Å².